The predicted octanol–water partition coefficient (Wildman–Crippen LogP) is 2.19. The third kappa shape index (κ3) is 3.89. The summed E-state index contributed by atoms with van der Waals surface area (Å²) in [5.41, 5.74) is -0.219. The minimum atomic E-state index is -1.42. The maximum atomic E-state index is 12.5. The van der Waals surface area contributed by atoms with E-state index in [4.69, 9.17) is 0 Å². The van der Waals surface area contributed by atoms with Crippen LogP contribution in [0.2, 0.25) is 0 Å². The lowest BCUT2D eigenvalue weighted by molar-refractivity contribution is -0.149. The highest BCUT2D eigenvalue weighted by atomic mass is 79.9. The number of nitrogens with one attached hydrogen (secondary N) is 1. The highest BCUT2D eigenvalue weighted by Crippen LogP contribution is 2.42. The Balaban J connectivity index is 1.59. The van der Waals surface area contributed by atoms with Crippen molar-refractivity contribution in [3.8, 4) is 0 Å². The van der Waals surface area contributed by atoms with Crippen molar-refractivity contribution < 1.29 is 14.7 Å². The molecule has 2 N–H and O–H groups in total. The van der Waals surface area contributed by atoms with E-state index in [1.807, 2.05) is 12.1 Å². The summed E-state index contributed by atoms with van der Waals surface area (Å²) in [5.74, 6) is -1.14. The Bertz CT molecular complexity index is 757. The summed E-state index contributed by atoms with van der Waals surface area (Å²) < 4.78 is 2.43. The van der Waals surface area contributed by atoms with Crippen molar-refractivity contribution >= 4 is 27.8 Å². The Morgan fingerprint density at radius 3 is 2.60 bits per heavy atom. The third-order valence-electron chi connectivity index (χ3n) is 4.67. The summed E-state index contributed by atoms with van der Waals surface area (Å²) >= 11 is 3.41. The normalized spacial score (nSPS) is 21.8. The molecule has 0 saturated heterocycles. The zero-order valence-electron chi connectivity index (χ0n) is 13.7. The number of rotatable bonds is 6. The molecule has 1 aliphatic rings. The molecule has 1 atom stereocenters. The van der Waals surface area contributed by atoms with E-state index in [0.29, 0.717) is 5.92 Å². The van der Waals surface area contributed by atoms with E-state index in [1.165, 1.54) is 29.8 Å². The minimum absolute atomic E-state index is 0.0247. The standard InChI is InChI=1S/C17H19BrN4O3/c1-17(16(24)25,8-22-10-19-9-20-22)21-15(23)13-6-12(7-13)11-2-4-14(18)5-3-11/h2-5,9-10,12-13H,6-8H2,1H3,(H,21,23)(H,24,25). The lowest BCUT2D eigenvalue weighted by atomic mass is 9.71. The fourth-order valence-electron chi connectivity index (χ4n) is 3.01. The van der Waals surface area contributed by atoms with Gasteiger partial charge in [-0.2, -0.15) is 5.10 Å². The van der Waals surface area contributed by atoms with Gasteiger partial charge in [-0.05, 0) is 43.4 Å². The molecule has 1 fully saturated rings. The summed E-state index contributed by atoms with van der Waals surface area (Å²) in [6.07, 6.45) is 4.22. The van der Waals surface area contributed by atoms with Gasteiger partial charge in [-0.15, -0.1) is 0 Å². The maximum Gasteiger partial charge on any atom is 0.331 e. The number of benzene rings is 1. The molecule has 0 radical (unpaired) electrons. The summed E-state index contributed by atoms with van der Waals surface area (Å²) in [6, 6.07) is 8.08. The highest BCUT2D eigenvalue weighted by molar-refractivity contribution is 9.10. The lowest BCUT2D eigenvalue weighted by Gasteiger charge is -2.37. The number of aliphatic carboxylic acids is 1. The molecule has 1 saturated carbocycles. The van der Waals surface area contributed by atoms with E-state index in [2.05, 4.69) is 43.5 Å². The van der Waals surface area contributed by atoms with Gasteiger partial charge in [0.25, 0.3) is 0 Å². The second kappa shape index (κ2) is 6.95. The van der Waals surface area contributed by atoms with Crippen LogP contribution < -0.4 is 5.32 Å². The second-order valence-corrected chi connectivity index (χ2v) is 7.55. The molecule has 25 heavy (non-hydrogen) atoms. The minimum Gasteiger partial charge on any atom is -0.479 e. The molecule has 7 nitrogen and oxygen atoms in total. The SMILES string of the molecule is CC(Cn1cncn1)(NC(=O)C1CC(c2ccc(Br)cc2)C1)C(=O)O. The summed E-state index contributed by atoms with van der Waals surface area (Å²) in [6.45, 7) is 1.51. The molecule has 1 heterocycles. The van der Waals surface area contributed by atoms with Crippen molar-refractivity contribution in [3.05, 3.63) is 47.0 Å². The van der Waals surface area contributed by atoms with Crippen LogP contribution in [0.25, 0.3) is 0 Å². The number of carboxylic acids is 1. The molecule has 0 aliphatic heterocycles. The third-order valence-corrected chi connectivity index (χ3v) is 5.19. The van der Waals surface area contributed by atoms with Crippen molar-refractivity contribution in [3.63, 3.8) is 0 Å². The molecule has 0 spiro atoms. The molecule has 1 aliphatic carbocycles. The van der Waals surface area contributed by atoms with Gasteiger partial charge in [0.05, 0.1) is 6.54 Å². The van der Waals surface area contributed by atoms with Gasteiger partial charge in [0.2, 0.25) is 5.91 Å². The van der Waals surface area contributed by atoms with Crippen LogP contribution >= 0.6 is 15.9 Å². The van der Waals surface area contributed by atoms with E-state index in [0.717, 1.165) is 17.3 Å². The molecule has 1 amide bonds. The number of halogens is 1. The quantitative estimate of drug-likeness (QED) is 0.765. The average molecular weight is 407 g/mol. The van der Waals surface area contributed by atoms with E-state index in [9.17, 15) is 14.7 Å². The first kappa shape index (κ1) is 17.6. The number of amides is 1. The van der Waals surface area contributed by atoms with E-state index < -0.39 is 11.5 Å². The summed E-state index contributed by atoms with van der Waals surface area (Å²) in [7, 11) is 0. The molecule has 0 bridgehead atoms. The Morgan fingerprint density at radius 2 is 2.04 bits per heavy atom. The van der Waals surface area contributed by atoms with Gasteiger partial charge in [-0.25, -0.2) is 9.78 Å². The van der Waals surface area contributed by atoms with Crippen molar-refractivity contribution in [2.24, 2.45) is 5.92 Å². The van der Waals surface area contributed by atoms with Gasteiger partial charge in [0, 0.05) is 10.4 Å². The van der Waals surface area contributed by atoms with Crippen LogP contribution in [0.5, 0.6) is 0 Å². The molecule has 8 heteroatoms. The number of hydrogen-bond donors (Lipinski definition) is 2. The van der Waals surface area contributed by atoms with E-state index in [1.54, 1.807) is 0 Å². The number of carbonyl (C=O) groups is 2. The zero-order valence-corrected chi connectivity index (χ0v) is 15.3. The van der Waals surface area contributed by atoms with Crippen molar-refractivity contribution in [1.82, 2.24) is 20.1 Å². The molecule has 1 aromatic heterocycles. The van der Waals surface area contributed by atoms with E-state index >= 15 is 0 Å². The van der Waals surface area contributed by atoms with E-state index in [-0.39, 0.29) is 18.4 Å². The predicted molar refractivity (Wildman–Crippen MR) is 93.8 cm³/mol. The van der Waals surface area contributed by atoms with Crippen molar-refractivity contribution in [2.45, 2.75) is 37.8 Å². The van der Waals surface area contributed by atoms with Gasteiger partial charge in [-0.1, -0.05) is 28.1 Å². The molecular formula is C17H19BrN4O3. The van der Waals surface area contributed by atoms with Crippen LogP contribution in [0.1, 0.15) is 31.2 Å². The van der Waals surface area contributed by atoms with Gasteiger partial charge in [0.15, 0.2) is 5.54 Å². The molecular weight excluding hydrogens is 388 g/mol. The number of carboxylic acid groups (broad SMARTS) is 1. The number of hydrogen-bond acceptors (Lipinski definition) is 4. The van der Waals surface area contributed by atoms with Gasteiger partial charge >= 0.3 is 5.97 Å². The smallest absolute Gasteiger partial charge is 0.331 e. The molecule has 2 aromatic rings. The molecule has 1 aromatic carbocycles. The van der Waals surface area contributed by atoms with Gasteiger partial charge in [-0.3, -0.25) is 9.48 Å². The van der Waals surface area contributed by atoms with Crippen LogP contribution in [-0.4, -0.2) is 37.3 Å². The highest BCUT2D eigenvalue weighted by Gasteiger charge is 2.41. The Labute approximate surface area is 153 Å². The topological polar surface area (TPSA) is 97.1 Å². The van der Waals surface area contributed by atoms with Gasteiger partial charge in [0.1, 0.15) is 12.7 Å². The van der Waals surface area contributed by atoms with Crippen molar-refractivity contribution in [2.75, 3.05) is 0 Å². The fourth-order valence-corrected chi connectivity index (χ4v) is 3.28. The van der Waals surface area contributed by atoms with Crippen LogP contribution in [0.3, 0.4) is 0 Å². The number of aromatic nitrogens is 3. The second-order valence-electron chi connectivity index (χ2n) is 6.64. The largest absolute Gasteiger partial charge is 0.479 e. The first-order valence-corrected chi connectivity index (χ1v) is 8.80. The maximum absolute atomic E-state index is 12.5. The summed E-state index contributed by atoms with van der Waals surface area (Å²) in [5, 5.41) is 16.1. The average Bonchev–Trinajstić information content (AvgIpc) is 3.00. The van der Waals surface area contributed by atoms with Crippen LogP contribution in [-0.2, 0) is 16.1 Å². The number of carbonyl (C=O) groups excluding carboxylic acids is 1. The van der Waals surface area contributed by atoms with Crippen LogP contribution in [0.15, 0.2) is 41.4 Å². The lowest BCUT2D eigenvalue weighted by Crippen LogP contribution is -2.57. The van der Waals surface area contributed by atoms with Crippen LogP contribution in [0, 0.1) is 5.92 Å². The first-order valence-electron chi connectivity index (χ1n) is 8.01. The van der Waals surface area contributed by atoms with Gasteiger partial charge < -0.3 is 10.4 Å². The zero-order chi connectivity index (χ0) is 18.0. The molecule has 1 unspecified atom stereocenters. The first-order chi connectivity index (χ1) is 11.9. The number of nitrogens with zero attached hydrogens (tertiary/aromatic N) is 3. The monoisotopic (exact) mass is 406 g/mol. The summed E-state index contributed by atoms with van der Waals surface area (Å²) in [4.78, 5) is 27.9. The molecule has 3 rings (SSSR count). The van der Waals surface area contributed by atoms with Crippen LogP contribution in [0.4, 0.5) is 0 Å². The Hall–Kier alpha value is -2.22. The molecule has 132 valence electrons. The fraction of sp³-hybridized carbons (Fsp3) is 0.412. The Kier molecular flexibility index (Phi) is 4.89. The van der Waals surface area contributed by atoms with Crippen molar-refractivity contribution in [1.29, 1.82) is 0 Å². The Morgan fingerprint density at radius 1 is 1.36 bits per heavy atom.